The van der Waals surface area contributed by atoms with Crippen LogP contribution in [-0.4, -0.2) is 16.9 Å². The van der Waals surface area contributed by atoms with Crippen LogP contribution in [0.1, 0.15) is 0 Å². The molecule has 0 unspecified atom stereocenters. The van der Waals surface area contributed by atoms with Crippen molar-refractivity contribution in [2.45, 2.75) is 0 Å². The van der Waals surface area contributed by atoms with Gasteiger partial charge in [0.15, 0.2) is 0 Å². The molecule has 0 atom stereocenters. The molecule has 0 bridgehead atoms. The van der Waals surface area contributed by atoms with Crippen molar-refractivity contribution in [3.8, 4) is 27.4 Å². The van der Waals surface area contributed by atoms with E-state index in [9.17, 15) is 0 Å². The minimum Gasteiger partial charge on any atom is -0.496 e. The van der Waals surface area contributed by atoms with Crippen molar-refractivity contribution >= 4 is 28.8 Å². The van der Waals surface area contributed by atoms with E-state index in [1.54, 1.807) is 29.2 Å². The standard InChI is InChI=1S/C15H14ClN3OS/c1-19-15(17)13(14(18-19)12-4-3-7-21-12)10-8-9(16)5-6-11(10)20-2/h3-8H,17H2,1-2H3. The molecule has 108 valence electrons. The van der Waals surface area contributed by atoms with Gasteiger partial charge in [-0.15, -0.1) is 11.3 Å². The van der Waals surface area contributed by atoms with E-state index in [-0.39, 0.29) is 0 Å². The molecule has 3 rings (SSSR count). The van der Waals surface area contributed by atoms with Crippen LogP contribution < -0.4 is 10.5 Å². The Balaban J connectivity index is 2.30. The molecule has 0 saturated heterocycles. The van der Waals surface area contributed by atoms with Gasteiger partial charge in [-0.2, -0.15) is 5.10 Å². The summed E-state index contributed by atoms with van der Waals surface area (Å²) in [7, 11) is 3.46. The molecule has 1 aromatic carbocycles. The molecule has 0 fully saturated rings. The predicted molar refractivity (Wildman–Crippen MR) is 87.9 cm³/mol. The van der Waals surface area contributed by atoms with Gasteiger partial charge < -0.3 is 10.5 Å². The van der Waals surface area contributed by atoms with Crippen LogP contribution in [0.5, 0.6) is 5.75 Å². The Morgan fingerprint density at radius 2 is 2.14 bits per heavy atom. The molecule has 4 nitrogen and oxygen atoms in total. The number of ether oxygens (including phenoxy) is 1. The highest BCUT2D eigenvalue weighted by Gasteiger charge is 2.21. The fourth-order valence-electron chi connectivity index (χ4n) is 2.26. The maximum Gasteiger partial charge on any atom is 0.130 e. The average Bonchev–Trinajstić information content (AvgIpc) is 3.08. The van der Waals surface area contributed by atoms with Gasteiger partial charge in [-0.1, -0.05) is 17.7 Å². The van der Waals surface area contributed by atoms with Gasteiger partial charge in [-0.05, 0) is 29.6 Å². The monoisotopic (exact) mass is 319 g/mol. The summed E-state index contributed by atoms with van der Waals surface area (Å²) < 4.78 is 7.11. The quantitative estimate of drug-likeness (QED) is 0.792. The van der Waals surface area contributed by atoms with Crippen molar-refractivity contribution in [3.63, 3.8) is 0 Å². The summed E-state index contributed by atoms with van der Waals surface area (Å²) in [5.41, 5.74) is 8.75. The van der Waals surface area contributed by atoms with Crippen molar-refractivity contribution < 1.29 is 4.74 Å². The summed E-state index contributed by atoms with van der Waals surface area (Å²) >= 11 is 7.76. The topological polar surface area (TPSA) is 53.1 Å². The SMILES string of the molecule is COc1ccc(Cl)cc1-c1c(-c2cccs2)nn(C)c1N. The van der Waals surface area contributed by atoms with E-state index < -0.39 is 0 Å². The predicted octanol–water partition coefficient (Wildman–Crippen LogP) is 4.06. The summed E-state index contributed by atoms with van der Waals surface area (Å²) in [6, 6.07) is 9.49. The van der Waals surface area contributed by atoms with E-state index in [0.717, 1.165) is 27.4 Å². The van der Waals surface area contributed by atoms with E-state index in [1.807, 2.05) is 36.7 Å². The van der Waals surface area contributed by atoms with Crippen molar-refractivity contribution in [3.05, 3.63) is 40.7 Å². The van der Waals surface area contributed by atoms with E-state index in [4.69, 9.17) is 22.1 Å². The molecular weight excluding hydrogens is 306 g/mol. The molecule has 0 aliphatic heterocycles. The maximum absolute atomic E-state index is 6.22. The van der Waals surface area contributed by atoms with Gasteiger partial charge in [0.1, 0.15) is 17.3 Å². The number of halogens is 1. The van der Waals surface area contributed by atoms with Crippen molar-refractivity contribution in [1.82, 2.24) is 9.78 Å². The second kappa shape index (κ2) is 5.42. The van der Waals surface area contributed by atoms with Crippen molar-refractivity contribution in [2.75, 3.05) is 12.8 Å². The lowest BCUT2D eigenvalue weighted by Crippen LogP contribution is -1.98. The van der Waals surface area contributed by atoms with Crippen LogP contribution in [0.15, 0.2) is 35.7 Å². The Hall–Kier alpha value is -1.98. The first-order valence-electron chi connectivity index (χ1n) is 6.32. The number of aryl methyl sites for hydroxylation is 1. The van der Waals surface area contributed by atoms with Gasteiger partial charge in [0.05, 0.1) is 17.6 Å². The number of nitrogens with zero attached hydrogens (tertiary/aromatic N) is 2. The number of anilines is 1. The summed E-state index contributed by atoms with van der Waals surface area (Å²) in [6.07, 6.45) is 0. The third-order valence-corrected chi connectivity index (χ3v) is 4.39. The van der Waals surface area contributed by atoms with Gasteiger partial charge in [0.2, 0.25) is 0 Å². The number of nitrogen functional groups attached to an aromatic ring is 1. The second-order valence-corrected chi connectivity index (χ2v) is 5.94. The summed E-state index contributed by atoms with van der Waals surface area (Å²) in [6.45, 7) is 0. The van der Waals surface area contributed by atoms with Crippen LogP contribution in [0.3, 0.4) is 0 Å². The molecule has 0 saturated carbocycles. The number of benzene rings is 1. The van der Waals surface area contributed by atoms with Crippen LogP contribution in [0, 0.1) is 0 Å². The van der Waals surface area contributed by atoms with Gasteiger partial charge in [-0.3, -0.25) is 4.68 Å². The van der Waals surface area contributed by atoms with Gasteiger partial charge >= 0.3 is 0 Å². The van der Waals surface area contributed by atoms with Gasteiger partial charge in [0.25, 0.3) is 0 Å². The van der Waals surface area contributed by atoms with Crippen LogP contribution in [0.4, 0.5) is 5.82 Å². The number of rotatable bonds is 3. The third-order valence-electron chi connectivity index (χ3n) is 3.28. The molecule has 0 aliphatic rings. The first-order chi connectivity index (χ1) is 10.1. The molecule has 0 radical (unpaired) electrons. The van der Waals surface area contributed by atoms with E-state index in [1.165, 1.54) is 0 Å². The highest BCUT2D eigenvalue weighted by Crippen LogP contribution is 2.42. The maximum atomic E-state index is 6.22. The minimum absolute atomic E-state index is 0.582. The number of nitrogens with two attached hydrogens (primary N) is 1. The van der Waals surface area contributed by atoms with Crippen LogP contribution >= 0.6 is 22.9 Å². The fraction of sp³-hybridized carbons (Fsp3) is 0.133. The zero-order chi connectivity index (χ0) is 15.0. The lowest BCUT2D eigenvalue weighted by atomic mass is 10.0. The van der Waals surface area contributed by atoms with Crippen LogP contribution in [0.2, 0.25) is 5.02 Å². The average molecular weight is 320 g/mol. The highest BCUT2D eigenvalue weighted by atomic mass is 35.5. The Bertz CT molecular complexity index is 781. The highest BCUT2D eigenvalue weighted by molar-refractivity contribution is 7.13. The summed E-state index contributed by atoms with van der Waals surface area (Å²) in [4.78, 5) is 1.05. The summed E-state index contributed by atoms with van der Waals surface area (Å²) in [5.74, 6) is 1.30. The molecule has 2 heterocycles. The number of hydrogen-bond acceptors (Lipinski definition) is 4. The zero-order valence-corrected chi connectivity index (χ0v) is 13.2. The van der Waals surface area contributed by atoms with Gasteiger partial charge in [-0.25, -0.2) is 0 Å². The molecule has 6 heteroatoms. The number of thiophene rings is 1. The molecule has 0 spiro atoms. The fourth-order valence-corrected chi connectivity index (χ4v) is 3.15. The van der Waals surface area contributed by atoms with Crippen molar-refractivity contribution in [2.24, 2.45) is 7.05 Å². The zero-order valence-electron chi connectivity index (χ0n) is 11.6. The molecule has 2 N–H and O–H groups in total. The first kappa shape index (κ1) is 14.0. The summed E-state index contributed by atoms with van der Waals surface area (Å²) in [5, 5.41) is 7.18. The number of hydrogen-bond donors (Lipinski definition) is 1. The molecule has 0 aliphatic carbocycles. The Labute approximate surface area is 131 Å². The largest absolute Gasteiger partial charge is 0.496 e. The molecule has 21 heavy (non-hydrogen) atoms. The number of aromatic nitrogens is 2. The second-order valence-electron chi connectivity index (χ2n) is 4.55. The van der Waals surface area contributed by atoms with E-state index >= 15 is 0 Å². The normalized spacial score (nSPS) is 10.8. The lowest BCUT2D eigenvalue weighted by Gasteiger charge is -2.10. The third kappa shape index (κ3) is 2.39. The van der Waals surface area contributed by atoms with Crippen LogP contribution in [-0.2, 0) is 7.05 Å². The minimum atomic E-state index is 0.582. The molecular formula is C15H14ClN3OS. The smallest absolute Gasteiger partial charge is 0.130 e. The molecule has 3 aromatic rings. The van der Waals surface area contributed by atoms with Crippen LogP contribution in [0.25, 0.3) is 21.7 Å². The first-order valence-corrected chi connectivity index (χ1v) is 7.58. The molecule has 0 amide bonds. The van der Waals surface area contributed by atoms with Crippen molar-refractivity contribution in [1.29, 1.82) is 0 Å². The molecule has 2 aromatic heterocycles. The Morgan fingerprint density at radius 3 is 2.81 bits per heavy atom. The number of methoxy groups -OCH3 is 1. The Morgan fingerprint density at radius 1 is 1.33 bits per heavy atom. The van der Waals surface area contributed by atoms with Gasteiger partial charge in [0, 0.05) is 17.6 Å². The van der Waals surface area contributed by atoms with E-state index in [2.05, 4.69) is 5.10 Å². The van der Waals surface area contributed by atoms with E-state index in [0.29, 0.717) is 10.8 Å². The lowest BCUT2D eigenvalue weighted by molar-refractivity contribution is 0.416. The Kier molecular flexibility index (Phi) is 3.61.